The molecule has 1 aromatic rings. The van der Waals surface area contributed by atoms with Crippen LogP contribution in [0.25, 0.3) is 0 Å². The van der Waals surface area contributed by atoms with E-state index in [2.05, 4.69) is 0 Å². The molecule has 0 spiro atoms. The highest BCUT2D eigenvalue weighted by atomic mass is 16.7. The van der Waals surface area contributed by atoms with Crippen LogP contribution in [0.5, 0.6) is 11.5 Å². The van der Waals surface area contributed by atoms with Crippen molar-refractivity contribution in [3.8, 4) is 11.5 Å². The second-order valence-corrected chi connectivity index (χ2v) is 5.14. The van der Waals surface area contributed by atoms with E-state index in [1.807, 2.05) is 0 Å². The van der Waals surface area contributed by atoms with Gasteiger partial charge in [0, 0.05) is 0 Å². The molecule has 6 N–H and O–H groups in total. The molecule has 0 amide bonds. The average molecular weight is 316 g/mol. The van der Waals surface area contributed by atoms with Crippen molar-refractivity contribution in [2.24, 2.45) is 0 Å². The van der Waals surface area contributed by atoms with Crippen molar-refractivity contribution in [2.75, 3.05) is 13.2 Å². The molecule has 8 nitrogen and oxygen atoms in total. The normalized spacial score (nSPS) is 32.1. The summed E-state index contributed by atoms with van der Waals surface area (Å²) < 4.78 is 10.5. The largest absolute Gasteiger partial charge is 0.504 e. The number of aromatic hydroxyl groups is 2. The number of ether oxygens (including phenoxy) is 2. The van der Waals surface area contributed by atoms with Crippen LogP contribution < -0.4 is 0 Å². The van der Waals surface area contributed by atoms with Crippen LogP contribution in [0.1, 0.15) is 5.56 Å². The summed E-state index contributed by atoms with van der Waals surface area (Å²) >= 11 is 0. The van der Waals surface area contributed by atoms with E-state index in [0.717, 1.165) is 0 Å². The fraction of sp³-hybridized carbons (Fsp3) is 0.571. The first-order chi connectivity index (χ1) is 10.4. The van der Waals surface area contributed by atoms with Gasteiger partial charge in [-0.2, -0.15) is 0 Å². The number of phenols is 2. The number of rotatable bonds is 5. The summed E-state index contributed by atoms with van der Waals surface area (Å²) in [4.78, 5) is 0. The minimum atomic E-state index is -1.48. The van der Waals surface area contributed by atoms with E-state index in [9.17, 15) is 25.5 Å². The summed E-state index contributed by atoms with van der Waals surface area (Å²) in [7, 11) is 0. The quantitative estimate of drug-likeness (QED) is 0.359. The Balaban J connectivity index is 1.88. The summed E-state index contributed by atoms with van der Waals surface area (Å²) in [5.41, 5.74) is 0.694. The third-order valence-electron chi connectivity index (χ3n) is 3.56. The lowest BCUT2D eigenvalue weighted by Gasteiger charge is -2.39. The molecule has 124 valence electrons. The summed E-state index contributed by atoms with van der Waals surface area (Å²) in [6.45, 7) is -0.413. The second-order valence-electron chi connectivity index (χ2n) is 5.14. The van der Waals surface area contributed by atoms with E-state index in [-0.39, 0.29) is 18.1 Å². The minimum Gasteiger partial charge on any atom is -0.504 e. The number of phenolic OH excluding ortho intramolecular Hbond substituents is 2. The number of aliphatic hydroxyl groups excluding tert-OH is 4. The Morgan fingerprint density at radius 2 is 1.73 bits per heavy atom. The smallest absolute Gasteiger partial charge is 0.186 e. The van der Waals surface area contributed by atoms with Gasteiger partial charge in [0.25, 0.3) is 0 Å². The van der Waals surface area contributed by atoms with E-state index in [1.165, 1.54) is 12.1 Å². The molecule has 1 aliphatic rings. The summed E-state index contributed by atoms with van der Waals surface area (Å²) in [5, 5.41) is 56.7. The minimum absolute atomic E-state index is 0.104. The van der Waals surface area contributed by atoms with Gasteiger partial charge in [-0.05, 0) is 24.1 Å². The molecule has 22 heavy (non-hydrogen) atoms. The molecule has 0 unspecified atom stereocenters. The molecule has 0 saturated carbocycles. The van der Waals surface area contributed by atoms with Crippen LogP contribution >= 0.6 is 0 Å². The predicted molar refractivity (Wildman–Crippen MR) is 73.2 cm³/mol. The van der Waals surface area contributed by atoms with Gasteiger partial charge in [-0.3, -0.25) is 0 Å². The van der Waals surface area contributed by atoms with Crippen molar-refractivity contribution in [2.45, 2.75) is 37.1 Å². The van der Waals surface area contributed by atoms with E-state index in [1.54, 1.807) is 6.07 Å². The van der Waals surface area contributed by atoms with Gasteiger partial charge >= 0.3 is 0 Å². The SMILES string of the molecule is OC[C@@H]1O[C@H](OCCc2ccc(O)c(O)c2)[C@H](O)[C@H](O)[C@@H]1O. The van der Waals surface area contributed by atoms with Crippen molar-refractivity contribution in [3.05, 3.63) is 23.8 Å². The highest BCUT2D eigenvalue weighted by Gasteiger charge is 2.43. The summed E-state index contributed by atoms with van der Waals surface area (Å²) in [6, 6.07) is 4.33. The molecule has 8 heteroatoms. The highest BCUT2D eigenvalue weighted by molar-refractivity contribution is 5.40. The van der Waals surface area contributed by atoms with Crippen molar-refractivity contribution < 1.29 is 40.1 Å². The van der Waals surface area contributed by atoms with Crippen LogP contribution in [0.4, 0.5) is 0 Å². The van der Waals surface area contributed by atoms with Gasteiger partial charge in [-0.15, -0.1) is 0 Å². The van der Waals surface area contributed by atoms with Crippen LogP contribution in [-0.2, 0) is 15.9 Å². The van der Waals surface area contributed by atoms with Crippen LogP contribution in [0.15, 0.2) is 18.2 Å². The lowest BCUT2D eigenvalue weighted by Crippen LogP contribution is -2.59. The maximum absolute atomic E-state index is 9.78. The maximum atomic E-state index is 9.78. The molecule has 1 fully saturated rings. The van der Waals surface area contributed by atoms with E-state index >= 15 is 0 Å². The van der Waals surface area contributed by atoms with Crippen molar-refractivity contribution in [1.29, 1.82) is 0 Å². The standard InChI is InChI=1S/C14H20O8/c15-6-10-11(18)12(19)13(20)14(22-10)21-4-3-7-1-2-8(16)9(17)5-7/h1-2,5,10-20H,3-4,6H2/t10-,11+,12+,13+,14-/m0/s1. The van der Waals surface area contributed by atoms with Gasteiger partial charge in [-0.1, -0.05) is 6.07 Å². The number of benzene rings is 1. The van der Waals surface area contributed by atoms with Gasteiger partial charge < -0.3 is 40.1 Å². The average Bonchev–Trinajstić information content (AvgIpc) is 2.51. The second kappa shape index (κ2) is 7.23. The van der Waals surface area contributed by atoms with Crippen LogP contribution in [0.2, 0.25) is 0 Å². The zero-order valence-electron chi connectivity index (χ0n) is 11.7. The van der Waals surface area contributed by atoms with Crippen molar-refractivity contribution in [3.63, 3.8) is 0 Å². The van der Waals surface area contributed by atoms with E-state index < -0.39 is 37.3 Å². The van der Waals surface area contributed by atoms with E-state index in [0.29, 0.717) is 12.0 Å². The highest BCUT2D eigenvalue weighted by Crippen LogP contribution is 2.25. The molecule has 1 heterocycles. The molecular formula is C14H20O8. The molecular weight excluding hydrogens is 296 g/mol. The number of aliphatic hydroxyl groups is 4. The van der Waals surface area contributed by atoms with Crippen molar-refractivity contribution in [1.82, 2.24) is 0 Å². The van der Waals surface area contributed by atoms with Crippen LogP contribution in [0, 0.1) is 0 Å². The molecule has 0 bridgehead atoms. The first kappa shape index (κ1) is 16.9. The first-order valence-corrected chi connectivity index (χ1v) is 6.87. The number of hydrogen-bond acceptors (Lipinski definition) is 8. The monoisotopic (exact) mass is 316 g/mol. The third kappa shape index (κ3) is 3.67. The zero-order valence-corrected chi connectivity index (χ0v) is 11.7. The topological polar surface area (TPSA) is 140 Å². The third-order valence-corrected chi connectivity index (χ3v) is 3.56. The number of hydrogen-bond donors (Lipinski definition) is 6. The maximum Gasteiger partial charge on any atom is 0.186 e. The fourth-order valence-electron chi connectivity index (χ4n) is 2.22. The van der Waals surface area contributed by atoms with Gasteiger partial charge in [0.05, 0.1) is 13.2 Å². The van der Waals surface area contributed by atoms with E-state index in [4.69, 9.17) is 14.6 Å². The van der Waals surface area contributed by atoms with Gasteiger partial charge in [0.1, 0.15) is 24.4 Å². The Kier molecular flexibility index (Phi) is 5.57. The molecule has 0 radical (unpaired) electrons. The van der Waals surface area contributed by atoms with Crippen molar-refractivity contribution >= 4 is 0 Å². The molecule has 1 saturated heterocycles. The Morgan fingerprint density at radius 1 is 1.00 bits per heavy atom. The molecule has 0 aliphatic carbocycles. The molecule has 0 aromatic heterocycles. The Morgan fingerprint density at radius 3 is 2.36 bits per heavy atom. The Bertz CT molecular complexity index is 492. The zero-order chi connectivity index (χ0) is 16.3. The summed E-state index contributed by atoms with van der Waals surface area (Å²) in [5.74, 6) is -0.469. The molecule has 2 rings (SSSR count). The fourth-order valence-corrected chi connectivity index (χ4v) is 2.22. The first-order valence-electron chi connectivity index (χ1n) is 6.87. The Hall–Kier alpha value is -1.42. The lowest BCUT2D eigenvalue weighted by molar-refractivity contribution is -0.300. The van der Waals surface area contributed by atoms with Gasteiger partial charge in [0.15, 0.2) is 17.8 Å². The Labute approximate surface area is 126 Å². The molecule has 1 aliphatic heterocycles. The lowest BCUT2D eigenvalue weighted by atomic mass is 9.99. The summed E-state index contributed by atoms with van der Waals surface area (Å²) in [6.07, 6.45) is -6.17. The molecule has 5 atom stereocenters. The van der Waals surface area contributed by atoms with Crippen LogP contribution in [-0.4, -0.2) is 74.6 Å². The van der Waals surface area contributed by atoms with Crippen LogP contribution in [0.3, 0.4) is 0 Å². The molecule has 1 aromatic carbocycles. The van der Waals surface area contributed by atoms with Gasteiger partial charge in [0.2, 0.25) is 0 Å². The predicted octanol–water partition coefficient (Wildman–Crippen LogP) is -1.54. The van der Waals surface area contributed by atoms with Gasteiger partial charge in [-0.25, -0.2) is 0 Å².